The Labute approximate surface area is 93.4 Å². The standard InChI is InChI=1S/C9H7F3N2O3/c1-5(15)13-6-2-3-8(14(16)17)7(4-6)9(10,11)12/h2-4H,1H3,(H,13,15). The molecule has 0 atom stereocenters. The molecule has 0 aliphatic heterocycles. The Hall–Kier alpha value is -2.12. The highest BCUT2D eigenvalue weighted by atomic mass is 19.4. The van der Waals surface area contributed by atoms with Crippen molar-refractivity contribution >= 4 is 17.3 Å². The third kappa shape index (κ3) is 3.16. The summed E-state index contributed by atoms with van der Waals surface area (Å²) in [5, 5.41) is 12.5. The zero-order valence-corrected chi connectivity index (χ0v) is 8.54. The Morgan fingerprint density at radius 2 is 2.00 bits per heavy atom. The molecule has 0 radical (unpaired) electrons. The zero-order chi connectivity index (χ0) is 13.2. The Bertz CT molecular complexity index is 471. The van der Waals surface area contributed by atoms with E-state index in [1.807, 2.05) is 0 Å². The van der Waals surface area contributed by atoms with Crippen molar-refractivity contribution in [2.45, 2.75) is 13.1 Å². The topological polar surface area (TPSA) is 72.2 Å². The number of nitro benzene ring substituents is 1. The summed E-state index contributed by atoms with van der Waals surface area (Å²) in [5.41, 5.74) is -2.59. The van der Waals surface area contributed by atoms with Gasteiger partial charge < -0.3 is 5.32 Å². The van der Waals surface area contributed by atoms with E-state index in [9.17, 15) is 28.1 Å². The van der Waals surface area contributed by atoms with Crippen molar-refractivity contribution in [3.63, 3.8) is 0 Å². The molecule has 0 saturated carbocycles. The smallest absolute Gasteiger partial charge is 0.326 e. The van der Waals surface area contributed by atoms with Gasteiger partial charge in [-0.25, -0.2) is 0 Å². The average Bonchev–Trinajstić information content (AvgIpc) is 2.14. The number of rotatable bonds is 2. The van der Waals surface area contributed by atoms with E-state index in [2.05, 4.69) is 5.32 Å². The number of alkyl halides is 3. The molecule has 0 heterocycles. The number of carbonyl (C=O) groups excluding carboxylic acids is 1. The lowest BCUT2D eigenvalue weighted by Gasteiger charge is -2.09. The molecule has 17 heavy (non-hydrogen) atoms. The molecule has 0 saturated heterocycles. The summed E-state index contributed by atoms with van der Waals surface area (Å²) in [6, 6.07) is 2.27. The highest BCUT2D eigenvalue weighted by molar-refractivity contribution is 5.89. The van der Waals surface area contributed by atoms with Crippen LogP contribution in [0.3, 0.4) is 0 Å². The minimum Gasteiger partial charge on any atom is -0.326 e. The van der Waals surface area contributed by atoms with Gasteiger partial charge in [0, 0.05) is 18.7 Å². The van der Waals surface area contributed by atoms with Crippen LogP contribution >= 0.6 is 0 Å². The molecule has 1 aromatic carbocycles. The van der Waals surface area contributed by atoms with Gasteiger partial charge in [-0.15, -0.1) is 0 Å². The Balaban J connectivity index is 3.29. The minimum absolute atomic E-state index is 0.143. The van der Waals surface area contributed by atoms with Gasteiger partial charge in [0.2, 0.25) is 5.91 Å². The number of anilines is 1. The van der Waals surface area contributed by atoms with Crippen LogP contribution in [0.25, 0.3) is 0 Å². The van der Waals surface area contributed by atoms with E-state index < -0.39 is 28.3 Å². The molecule has 0 spiro atoms. The van der Waals surface area contributed by atoms with Gasteiger partial charge in [-0.2, -0.15) is 13.2 Å². The number of halogens is 3. The first-order chi connectivity index (χ1) is 7.71. The van der Waals surface area contributed by atoms with Crippen LogP contribution in [-0.4, -0.2) is 10.8 Å². The average molecular weight is 248 g/mol. The van der Waals surface area contributed by atoms with Crippen molar-refractivity contribution < 1.29 is 22.9 Å². The Morgan fingerprint density at radius 3 is 2.41 bits per heavy atom. The molecule has 1 amide bonds. The predicted octanol–water partition coefficient (Wildman–Crippen LogP) is 2.57. The summed E-state index contributed by atoms with van der Waals surface area (Å²) in [4.78, 5) is 20.0. The first kappa shape index (κ1) is 12.9. The normalized spacial score (nSPS) is 11.1. The SMILES string of the molecule is CC(=O)Nc1ccc([N+](=O)[O-])c(C(F)(F)F)c1. The predicted molar refractivity (Wildman–Crippen MR) is 52.4 cm³/mol. The third-order valence-corrected chi connectivity index (χ3v) is 1.82. The minimum atomic E-state index is -4.85. The molecule has 0 aliphatic carbocycles. The lowest BCUT2D eigenvalue weighted by molar-refractivity contribution is -0.388. The number of carbonyl (C=O) groups is 1. The quantitative estimate of drug-likeness (QED) is 0.645. The van der Waals surface area contributed by atoms with Crippen molar-refractivity contribution in [3.05, 3.63) is 33.9 Å². The number of amides is 1. The lowest BCUT2D eigenvalue weighted by Crippen LogP contribution is -2.11. The zero-order valence-electron chi connectivity index (χ0n) is 8.54. The van der Waals surface area contributed by atoms with E-state index in [0.717, 1.165) is 13.0 Å². The number of nitrogens with zero attached hydrogens (tertiary/aromatic N) is 1. The van der Waals surface area contributed by atoms with Gasteiger partial charge in [0.05, 0.1) is 4.92 Å². The number of nitrogens with one attached hydrogen (secondary N) is 1. The summed E-state index contributed by atoms with van der Waals surface area (Å²) in [6.45, 7) is 1.12. The maximum atomic E-state index is 12.5. The third-order valence-electron chi connectivity index (χ3n) is 1.82. The molecule has 0 unspecified atom stereocenters. The molecular weight excluding hydrogens is 241 g/mol. The van der Waals surface area contributed by atoms with Crippen LogP contribution in [0.5, 0.6) is 0 Å². The fourth-order valence-electron chi connectivity index (χ4n) is 1.20. The second kappa shape index (κ2) is 4.40. The molecule has 1 N–H and O–H groups in total. The van der Waals surface area contributed by atoms with Gasteiger partial charge >= 0.3 is 6.18 Å². The van der Waals surface area contributed by atoms with Gasteiger partial charge in [0.15, 0.2) is 0 Å². The summed E-state index contributed by atoms with van der Waals surface area (Å²) >= 11 is 0. The summed E-state index contributed by atoms with van der Waals surface area (Å²) in [7, 11) is 0. The second-order valence-corrected chi connectivity index (χ2v) is 3.17. The van der Waals surface area contributed by atoms with Crippen LogP contribution in [0.2, 0.25) is 0 Å². The summed E-state index contributed by atoms with van der Waals surface area (Å²) in [5.74, 6) is -0.563. The van der Waals surface area contributed by atoms with Crippen molar-refractivity contribution in [1.82, 2.24) is 0 Å². The fraction of sp³-hybridized carbons (Fsp3) is 0.222. The van der Waals surface area contributed by atoms with E-state index in [0.29, 0.717) is 12.1 Å². The highest BCUT2D eigenvalue weighted by Gasteiger charge is 2.38. The number of benzene rings is 1. The van der Waals surface area contributed by atoms with E-state index in [4.69, 9.17) is 0 Å². The maximum Gasteiger partial charge on any atom is 0.423 e. The van der Waals surface area contributed by atoms with Crippen LogP contribution in [0.4, 0.5) is 24.5 Å². The van der Waals surface area contributed by atoms with Gasteiger partial charge in [0.25, 0.3) is 5.69 Å². The summed E-state index contributed by atoms with van der Waals surface area (Å²) in [6.07, 6.45) is -4.85. The molecule has 1 aromatic rings. The van der Waals surface area contributed by atoms with Gasteiger partial charge in [0.1, 0.15) is 5.56 Å². The van der Waals surface area contributed by atoms with Crippen LogP contribution in [0, 0.1) is 10.1 Å². The second-order valence-electron chi connectivity index (χ2n) is 3.17. The fourth-order valence-corrected chi connectivity index (χ4v) is 1.20. The monoisotopic (exact) mass is 248 g/mol. The van der Waals surface area contributed by atoms with Crippen LogP contribution < -0.4 is 5.32 Å². The van der Waals surface area contributed by atoms with Gasteiger partial charge in [-0.3, -0.25) is 14.9 Å². The Morgan fingerprint density at radius 1 is 1.41 bits per heavy atom. The van der Waals surface area contributed by atoms with Crippen molar-refractivity contribution in [3.8, 4) is 0 Å². The molecule has 5 nitrogen and oxygen atoms in total. The highest BCUT2D eigenvalue weighted by Crippen LogP contribution is 2.37. The number of hydrogen-bond donors (Lipinski definition) is 1. The first-order valence-electron chi connectivity index (χ1n) is 4.35. The molecule has 0 bridgehead atoms. The largest absolute Gasteiger partial charge is 0.423 e. The van der Waals surface area contributed by atoms with Gasteiger partial charge in [-0.05, 0) is 12.1 Å². The first-order valence-corrected chi connectivity index (χ1v) is 4.35. The van der Waals surface area contributed by atoms with Gasteiger partial charge in [-0.1, -0.05) is 0 Å². The van der Waals surface area contributed by atoms with E-state index in [-0.39, 0.29) is 5.69 Å². The van der Waals surface area contributed by atoms with Crippen molar-refractivity contribution in [1.29, 1.82) is 0 Å². The van der Waals surface area contributed by atoms with E-state index in [1.165, 1.54) is 0 Å². The van der Waals surface area contributed by atoms with E-state index in [1.54, 1.807) is 0 Å². The summed E-state index contributed by atoms with van der Waals surface area (Å²) < 4.78 is 37.5. The molecule has 8 heteroatoms. The molecular formula is C9H7F3N2O3. The molecule has 1 rings (SSSR count). The molecule has 0 fully saturated rings. The number of hydrogen-bond acceptors (Lipinski definition) is 3. The van der Waals surface area contributed by atoms with Crippen LogP contribution in [-0.2, 0) is 11.0 Å². The van der Waals surface area contributed by atoms with Crippen LogP contribution in [0.15, 0.2) is 18.2 Å². The maximum absolute atomic E-state index is 12.5. The van der Waals surface area contributed by atoms with Crippen molar-refractivity contribution in [2.24, 2.45) is 0 Å². The van der Waals surface area contributed by atoms with Crippen molar-refractivity contribution in [2.75, 3.05) is 5.32 Å². The lowest BCUT2D eigenvalue weighted by atomic mass is 10.1. The van der Waals surface area contributed by atoms with E-state index >= 15 is 0 Å². The molecule has 0 aliphatic rings. The Kier molecular flexibility index (Phi) is 3.35. The number of nitro groups is 1. The van der Waals surface area contributed by atoms with Crippen LogP contribution in [0.1, 0.15) is 12.5 Å². The molecule has 0 aromatic heterocycles. The molecule has 92 valence electrons.